The van der Waals surface area contributed by atoms with Gasteiger partial charge in [0.25, 0.3) is 0 Å². The maximum Gasteiger partial charge on any atom is 0.132 e. The Morgan fingerprint density at radius 2 is 0.600 bits per heavy atom. The summed E-state index contributed by atoms with van der Waals surface area (Å²) < 4.78 is 13.3. The normalized spacial score (nSPS) is 14.3. The molecule has 0 radical (unpaired) electrons. The Bertz CT molecular complexity index is 3300. The van der Waals surface area contributed by atoms with Crippen molar-refractivity contribution in [3.63, 3.8) is 0 Å². The van der Waals surface area contributed by atoms with Crippen LogP contribution in [-0.2, 0) is 10.8 Å². The van der Waals surface area contributed by atoms with Crippen LogP contribution in [-0.4, -0.2) is 0 Å². The largest absolute Gasteiger partial charge is 0.457 e. The Morgan fingerprint density at radius 3 is 1.06 bits per heavy atom. The van der Waals surface area contributed by atoms with Crippen molar-refractivity contribution in [2.24, 2.45) is 0 Å². The number of nitrogens with zero attached hydrogens (tertiary/aromatic N) is 1. The van der Waals surface area contributed by atoms with E-state index in [-0.39, 0.29) is 0 Å². The number of rotatable bonds is 4. The number of para-hydroxylation sites is 4. The summed E-state index contributed by atoms with van der Waals surface area (Å²) in [6.45, 7) is 0. The van der Waals surface area contributed by atoms with Gasteiger partial charge in [-0.1, -0.05) is 176 Å². The zero-order valence-electron chi connectivity index (χ0n) is 35.3. The van der Waals surface area contributed by atoms with Crippen molar-refractivity contribution in [2.45, 2.75) is 10.8 Å². The van der Waals surface area contributed by atoms with Crippen molar-refractivity contribution in [1.82, 2.24) is 0 Å². The first-order valence-electron chi connectivity index (χ1n) is 22.4. The first-order chi connectivity index (χ1) is 32.2. The lowest BCUT2D eigenvalue weighted by molar-refractivity contribution is 0.436. The van der Waals surface area contributed by atoms with Crippen LogP contribution in [0.4, 0.5) is 17.1 Å². The molecule has 0 bridgehead atoms. The van der Waals surface area contributed by atoms with Gasteiger partial charge in [0.2, 0.25) is 0 Å². The Balaban J connectivity index is 1.02. The Hall–Kier alpha value is -8.40. The highest BCUT2D eigenvalue weighted by molar-refractivity contribution is 5.95. The van der Waals surface area contributed by atoms with Crippen molar-refractivity contribution in [1.29, 1.82) is 0 Å². The average Bonchev–Trinajstić information content (AvgIpc) is 3.82. The number of ether oxygens (including phenoxy) is 2. The molecule has 0 N–H and O–H groups in total. The minimum atomic E-state index is -0.546. The lowest BCUT2D eigenvalue weighted by Gasteiger charge is -2.39. The molecule has 0 amide bonds. The summed E-state index contributed by atoms with van der Waals surface area (Å²) in [5.41, 5.74) is 19.1. The standard InChI is InChI=1S/C62H39NO2/c1-2-17-40(18-3-1)41-19-16-20-42(37-41)63(43-33-35-51-47(38-43)45-21-4-6-23-49(45)61(51)53-25-8-12-29-57(53)64-58-30-13-9-26-54(58)61)44-34-36-52-48(39-44)46-22-5-7-24-50(46)62(52)55-27-10-14-31-59(55)65-60-32-15-11-28-56(60)62/h1-39H. The molecule has 0 unspecified atom stereocenters. The van der Waals surface area contributed by atoms with E-state index in [4.69, 9.17) is 9.47 Å². The molecule has 2 aliphatic heterocycles. The Labute approximate surface area is 378 Å². The topological polar surface area (TPSA) is 21.7 Å². The molecule has 10 aromatic rings. The molecular weight excluding hydrogens is 791 g/mol. The van der Waals surface area contributed by atoms with Gasteiger partial charge in [0.1, 0.15) is 23.0 Å². The van der Waals surface area contributed by atoms with Crippen molar-refractivity contribution in [3.05, 3.63) is 281 Å². The van der Waals surface area contributed by atoms with E-state index in [2.05, 4.69) is 241 Å². The molecule has 3 heteroatoms. The molecule has 0 atom stereocenters. The first kappa shape index (κ1) is 36.1. The molecule has 2 heterocycles. The van der Waals surface area contributed by atoms with Gasteiger partial charge in [0.15, 0.2) is 0 Å². The molecule has 304 valence electrons. The summed E-state index contributed by atoms with van der Waals surface area (Å²) in [5.74, 6) is 3.57. The Morgan fingerprint density at radius 1 is 0.246 bits per heavy atom. The first-order valence-corrected chi connectivity index (χ1v) is 22.4. The molecule has 4 aliphatic rings. The van der Waals surface area contributed by atoms with Gasteiger partial charge in [-0.25, -0.2) is 0 Å². The van der Waals surface area contributed by atoms with Gasteiger partial charge in [-0.05, 0) is 116 Å². The number of hydrogen-bond donors (Lipinski definition) is 0. The molecule has 14 rings (SSSR count). The second-order valence-corrected chi connectivity index (χ2v) is 17.5. The van der Waals surface area contributed by atoms with Crippen LogP contribution in [0.1, 0.15) is 44.5 Å². The predicted octanol–water partition coefficient (Wildman–Crippen LogP) is 15.8. The van der Waals surface area contributed by atoms with Crippen LogP contribution >= 0.6 is 0 Å². The van der Waals surface area contributed by atoms with Crippen LogP contribution in [0.3, 0.4) is 0 Å². The molecule has 3 nitrogen and oxygen atoms in total. The third-order valence-electron chi connectivity index (χ3n) is 14.4. The maximum absolute atomic E-state index is 6.65. The van der Waals surface area contributed by atoms with E-state index in [0.717, 1.165) is 67.9 Å². The summed E-state index contributed by atoms with van der Waals surface area (Å²) >= 11 is 0. The quantitative estimate of drug-likeness (QED) is 0.176. The van der Waals surface area contributed by atoms with Crippen molar-refractivity contribution in [3.8, 4) is 56.4 Å². The number of hydrogen-bond acceptors (Lipinski definition) is 3. The second kappa shape index (κ2) is 13.6. The van der Waals surface area contributed by atoms with Crippen LogP contribution in [0.5, 0.6) is 23.0 Å². The van der Waals surface area contributed by atoms with Crippen LogP contribution in [0.15, 0.2) is 237 Å². The van der Waals surface area contributed by atoms with Gasteiger partial charge in [0.05, 0.1) is 10.8 Å². The molecule has 10 aromatic carbocycles. The lowest BCUT2D eigenvalue weighted by atomic mass is 9.66. The summed E-state index contributed by atoms with van der Waals surface area (Å²) in [6, 6.07) is 86.1. The van der Waals surface area contributed by atoms with E-state index >= 15 is 0 Å². The molecule has 2 aliphatic carbocycles. The van der Waals surface area contributed by atoms with Crippen molar-refractivity contribution < 1.29 is 9.47 Å². The zero-order chi connectivity index (χ0) is 42.7. The highest BCUT2D eigenvalue weighted by Crippen LogP contribution is 2.64. The van der Waals surface area contributed by atoms with Gasteiger partial charge in [-0.15, -0.1) is 0 Å². The van der Waals surface area contributed by atoms with Crippen LogP contribution in [0.25, 0.3) is 33.4 Å². The molecule has 0 aromatic heterocycles. The SMILES string of the molecule is c1ccc(-c2cccc(N(c3ccc4c(c3)-c3ccccc3C43c4ccccc4Oc4ccccc43)c3ccc4c(c3)-c3ccccc3C43c4ccccc4Oc4ccccc43)c2)cc1. The molecule has 65 heavy (non-hydrogen) atoms. The fraction of sp³-hybridized carbons (Fsp3) is 0.0323. The minimum absolute atomic E-state index is 0.546. The van der Waals surface area contributed by atoms with Crippen LogP contribution in [0, 0.1) is 0 Å². The average molecular weight is 830 g/mol. The highest BCUT2D eigenvalue weighted by atomic mass is 16.5. The number of benzene rings is 10. The van der Waals surface area contributed by atoms with E-state index in [9.17, 15) is 0 Å². The highest BCUT2D eigenvalue weighted by Gasteiger charge is 2.52. The second-order valence-electron chi connectivity index (χ2n) is 17.5. The summed E-state index contributed by atoms with van der Waals surface area (Å²) in [7, 11) is 0. The van der Waals surface area contributed by atoms with E-state index in [1.807, 2.05) is 0 Å². The van der Waals surface area contributed by atoms with Gasteiger partial charge >= 0.3 is 0 Å². The molecule has 2 spiro atoms. The van der Waals surface area contributed by atoms with Gasteiger partial charge < -0.3 is 14.4 Å². The monoisotopic (exact) mass is 829 g/mol. The lowest BCUT2D eigenvalue weighted by Crippen LogP contribution is -2.32. The summed E-state index contributed by atoms with van der Waals surface area (Å²) in [6.07, 6.45) is 0. The van der Waals surface area contributed by atoms with Crippen molar-refractivity contribution in [2.75, 3.05) is 4.90 Å². The van der Waals surface area contributed by atoms with Gasteiger partial charge in [-0.3, -0.25) is 0 Å². The van der Waals surface area contributed by atoms with Gasteiger partial charge in [0, 0.05) is 39.3 Å². The summed E-state index contributed by atoms with van der Waals surface area (Å²) in [4.78, 5) is 2.45. The zero-order valence-corrected chi connectivity index (χ0v) is 35.3. The summed E-state index contributed by atoms with van der Waals surface area (Å²) in [5, 5.41) is 0. The smallest absolute Gasteiger partial charge is 0.132 e. The molecule has 0 saturated heterocycles. The van der Waals surface area contributed by atoms with E-state index in [0.29, 0.717) is 0 Å². The Kier molecular flexibility index (Phi) is 7.53. The maximum atomic E-state index is 6.65. The minimum Gasteiger partial charge on any atom is -0.457 e. The molecule has 0 fully saturated rings. The fourth-order valence-electron chi connectivity index (χ4n) is 11.9. The predicted molar refractivity (Wildman–Crippen MR) is 261 cm³/mol. The number of fused-ring (bicyclic) bond motifs is 18. The van der Waals surface area contributed by atoms with Crippen molar-refractivity contribution >= 4 is 17.1 Å². The fourth-order valence-corrected chi connectivity index (χ4v) is 11.9. The molecule has 0 saturated carbocycles. The van der Waals surface area contributed by atoms with Crippen LogP contribution < -0.4 is 14.4 Å². The third-order valence-corrected chi connectivity index (χ3v) is 14.4. The van der Waals surface area contributed by atoms with E-state index in [1.165, 1.54) is 50.1 Å². The van der Waals surface area contributed by atoms with Gasteiger partial charge in [-0.2, -0.15) is 0 Å². The number of anilines is 3. The van der Waals surface area contributed by atoms with E-state index < -0.39 is 10.8 Å². The third kappa shape index (κ3) is 4.84. The molecular formula is C62H39NO2. The van der Waals surface area contributed by atoms with Crippen LogP contribution in [0.2, 0.25) is 0 Å². The van der Waals surface area contributed by atoms with E-state index in [1.54, 1.807) is 0 Å².